The van der Waals surface area contributed by atoms with Crippen LogP contribution in [-0.4, -0.2) is 66.3 Å². The molecule has 0 saturated carbocycles. The van der Waals surface area contributed by atoms with Crippen LogP contribution in [0.5, 0.6) is 0 Å². The smallest absolute Gasteiger partial charge is 0.316 e. The summed E-state index contributed by atoms with van der Waals surface area (Å²) in [6.45, 7) is 0. The van der Waals surface area contributed by atoms with E-state index in [1.54, 1.807) is 0 Å². The number of rotatable bonds is 0. The second-order valence-corrected chi connectivity index (χ2v) is 0. The molecule has 0 spiro atoms. The van der Waals surface area contributed by atoms with E-state index in [0.29, 0.717) is 0 Å². The van der Waals surface area contributed by atoms with Crippen molar-refractivity contribution in [1.82, 2.24) is 0 Å². The molecule has 0 aliphatic heterocycles. The third kappa shape index (κ3) is 9.07. The zero-order valence-corrected chi connectivity index (χ0v) is 0.908. The van der Waals surface area contributed by atoms with E-state index in [9.17, 15) is 0 Å². The summed E-state index contributed by atoms with van der Waals surface area (Å²) < 4.78 is 0. The standard InChI is InChI=1S/Ca.FH.Mg.H2O.4H/h;1H;;1H2;;;;. The van der Waals surface area contributed by atoms with Gasteiger partial charge in [0.15, 0.2) is 0 Å². The van der Waals surface area contributed by atoms with Crippen LogP contribution >= 0.6 is 0 Å². The van der Waals surface area contributed by atoms with Gasteiger partial charge in [0.1, 0.15) is 0 Å². The van der Waals surface area contributed by atoms with Crippen LogP contribution in [0.25, 0.3) is 0 Å². The predicted octanol–water partition coefficient (Wildman–Crippen LogP) is -2.50. The fourth-order valence-corrected chi connectivity index (χ4v) is 0. The molecule has 0 saturated heterocycles. The summed E-state index contributed by atoms with van der Waals surface area (Å²) in [4.78, 5) is 0. The van der Waals surface area contributed by atoms with Gasteiger partial charge in [0.2, 0.25) is 0 Å². The van der Waals surface area contributed by atoms with Gasteiger partial charge < -0.3 is 5.48 Å². The molecule has 0 rings (SSSR count). The van der Waals surface area contributed by atoms with Crippen LogP contribution in [0.4, 0.5) is 4.70 Å². The van der Waals surface area contributed by atoms with Crippen LogP contribution in [0.1, 0.15) is 0 Å². The Bertz CT molecular complexity index is 8.00. The van der Waals surface area contributed by atoms with Crippen molar-refractivity contribution in [1.29, 1.82) is 0 Å². The first-order valence-electron chi connectivity index (χ1n) is 0. The largest absolute Gasteiger partial charge is 0.316 e. The second-order valence-electron chi connectivity index (χ2n) is 0. The Labute approximate surface area is 70.0 Å². The average Bonchev–Trinajstić information content (AvgIpc) is 0. The molecular formula is H7CaFMgO. The maximum absolute atomic E-state index is 0. The summed E-state index contributed by atoms with van der Waals surface area (Å²) >= 11 is 0. The van der Waals surface area contributed by atoms with Gasteiger partial charge in [0.05, 0.1) is 0 Å². The van der Waals surface area contributed by atoms with Gasteiger partial charge in [0, 0.05) is 0 Å². The summed E-state index contributed by atoms with van der Waals surface area (Å²) in [6.07, 6.45) is 0. The van der Waals surface area contributed by atoms with Gasteiger partial charge in [0.25, 0.3) is 0 Å². The first kappa shape index (κ1) is 38.9. The zero-order chi connectivity index (χ0) is 0. The molecule has 4 heavy (non-hydrogen) atoms. The Kier molecular flexibility index (Phi) is 200. The fraction of sp³-hybridized carbons (Fsp3) is 0. The molecule has 0 unspecified atom stereocenters. The molecule has 0 amide bonds. The molecule has 0 fully saturated rings. The van der Waals surface area contributed by atoms with Gasteiger partial charge in [-0.15, -0.1) is 0 Å². The third-order valence-electron chi connectivity index (χ3n) is 0. The van der Waals surface area contributed by atoms with Crippen LogP contribution < -0.4 is 0 Å². The molecular weight excluding hydrogens is 99.4 g/mol. The van der Waals surface area contributed by atoms with Gasteiger partial charge >= 0.3 is 60.8 Å². The topological polar surface area (TPSA) is 31.5 Å². The van der Waals surface area contributed by atoms with E-state index in [1.807, 2.05) is 0 Å². The maximum atomic E-state index is 0. The van der Waals surface area contributed by atoms with E-state index in [2.05, 4.69) is 0 Å². The van der Waals surface area contributed by atoms with Crippen molar-refractivity contribution >= 4 is 60.8 Å². The minimum absolute atomic E-state index is 0. The minimum atomic E-state index is 0. The normalized spacial score (nSPS) is 0. The van der Waals surface area contributed by atoms with E-state index < -0.39 is 0 Å². The molecule has 24 valence electrons. The summed E-state index contributed by atoms with van der Waals surface area (Å²) in [5, 5.41) is 0. The Morgan fingerprint density at radius 2 is 1.00 bits per heavy atom. The molecule has 0 aromatic carbocycles. The zero-order valence-electron chi connectivity index (χ0n) is 0.908. The third-order valence-corrected chi connectivity index (χ3v) is 0. The Balaban J connectivity index is 0. The van der Waals surface area contributed by atoms with Crippen LogP contribution in [0.3, 0.4) is 0 Å². The van der Waals surface area contributed by atoms with Gasteiger partial charge in [-0.25, -0.2) is 0 Å². The molecule has 0 bridgehead atoms. The quantitative estimate of drug-likeness (QED) is 0.306. The van der Waals surface area contributed by atoms with Crippen molar-refractivity contribution in [2.45, 2.75) is 0 Å². The first-order valence-corrected chi connectivity index (χ1v) is 0. The van der Waals surface area contributed by atoms with Gasteiger partial charge in [-0.2, -0.15) is 0 Å². The minimum Gasteiger partial charge on any atom is 0.316 e. The number of hydrogen-bond donors (Lipinski definition) is 0. The predicted molar refractivity (Wildman–Crippen MR) is 23.2 cm³/mol. The second kappa shape index (κ2) is 20.5. The maximum Gasteiger partial charge on any atom is 0.316 e. The van der Waals surface area contributed by atoms with E-state index in [-0.39, 0.29) is 71.0 Å². The SMILES string of the molecule is F.O.[CaH2].[MgH2]. The molecule has 0 aliphatic rings. The van der Waals surface area contributed by atoms with Crippen LogP contribution in [-0.2, 0) is 0 Å². The van der Waals surface area contributed by atoms with Crippen molar-refractivity contribution in [3.8, 4) is 0 Å². The van der Waals surface area contributed by atoms with E-state index in [4.69, 9.17) is 0 Å². The molecule has 0 aromatic heterocycles. The molecule has 0 heterocycles. The molecule has 4 heteroatoms. The summed E-state index contributed by atoms with van der Waals surface area (Å²) in [5.41, 5.74) is 0. The van der Waals surface area contributed by atoms with E-state index in [1.165, 1.54) is 0 Å². The molecule has 2 N–H and O–H groups in total. The van der Waals surface area contributed by atoms with Gasteiger partial charge in [-0.1, -0.05) is 0 Å². The first-order chi connectivity index (χ1) is 0. The Morgan fingerprint density at radius 3 is 1.00 bits per heavy atom. The van der Waals surface area contributed by atoms with Crippen molar-refractivity contribution in [3.63, 3.8) is 0 Å². The number of halogens is 1. The van der Waals surface area contributed by atoms with Crippen molar-refractivity contribution in [2.24, 2.45) is 0 Å². The van der Waals surface area contributed by atoms with Gasteiger partial charge in [-0.05, 0) is 0 Å². The summed E-state index contributed by atoms with van der Waals surface area (Å²) in [6, 6.07) is 0. The van der Waals surface area contributed by atoms with E-state index >= 15 is 0 Å². The monoisotopic (exact) mass is 106 g/mol. The van der Waals surface area contributed by atoms with Crippen LogP contribution in [0.15, 0.2) is 0 Å². The molecule has 0 atom stereocenters. The molecule has 0 radical (unpaired) electrons. The Morgan fingerprint density at radius 1 is 1.00 bits per heavy atom. The van der Waals surface area contributed by atoms with Crippen molar-refractivity contribution < 1.29 is 10.2 Å². The summed E-state index contributed by atoms with van der Waals surface area (Å²) in [7, 11) is 0. The molecule has 0 aliphatic carbocycles. The molecule has 0 aromatic rings. The van der Waals surface area contributed by atoms with Crippen molar-refractivity contribution in [2.75, 3.05) is 0 Å². The van der Waals surface area contributed by atoms with Crippen LogP contribution in [0, 0.1) is 0 Å². The van der Waals surface area contributed by atoms with E-state index in [0.717, 1.165) is 0 Å². The van der Waals surface area contributed by atoms with Crippen molar-refractivity contribution in [3.05, 3.63) is 0 Å². The average molecular weight is 106 g/mol. The fourth-order valence-electron chi connectivity index (χ4n) is 0. The molecule has 1 nitrogen and oxygen atoms in total. The van der Waals surface area contributed by atoms with Gasteiger partial charge in [-0.3, -0.25) is 4.70 Å². The number of hydrogen-bond acceptors (Lipinski definition) is 0. The summed E-state index contributed by atoms with van der Waals surface area (Å²) in [5.74, 6) is 0. The Hall–Kier alpha value is 1.92. The van der Waals surface area contributed by atoms with Crippen LogP contribution in [0.2, 0.25) is 0 Å².